The number of phenols is 2. The number of rotatable bonds is 4. The van der Waals surface area contributed by atoms with Gasteiger partial charge in [-0.2, -0.15) is 8.42 Å². The maximum Gasteiger partial charge on any atom is 0.283 e. The first-order chi connectivity index (χ1) is 13.5. The van der Waals surface area contributed by atoms with Crippen LogP contribution in [0.1, 0.15) is 16.7 Å². The highest BCUT2D eigenvalue weighted by atomic mass is 35.5. The van der Waals surface area contributed by atoms with Crippen LogP contribution in [0.25, 0.3) is 0 Å². The van der Waals surface area contributed by atoms with Crippen molar-refractivity contribution >= 4 is 56.5 Å². The Balaban J connectivity index is 2.65. The molecule has 0 heterocycles. The monoisotopic (exact) mass is 492 g/mol. The molecule has 0 radical (unpaired) electrons. The van der Waals surface area contributed by atoms with Crippen LogP contribution in [-0.4, -0.2) is 23.2 Å². The Kier molecular flexibility index (Phi) is 5.98. The van der Waals surface area contributed by atoms with Crippen molar-refractivity contribution in [2.75, 3.05) is 0 Å². The molecule has 3 aromatic carbocycles. The van der Waals surface area contributed by atoms with Crippen molar-refractivity contribution in [3.63, 3.8) is 0 Å². The molecule has 152 valence electrons. The van der Waals surface area contributed by atoms with Gasteiger partial charge in [-0.25, -0.2) is 0 Å². The van der Waals surface area contributed by atoms with Crippen LogP contribution in [0.15, 0.2) is 54.6 Å². The van der Waals surface area contributed by atoms with Crippen LogP contribution in [0.4, 0.5) is 0 Å². The Bertz CT molecular complexity index is 1200. The first kappa shape index (κ1) is 22.0. The summed E-state index contributed by atoms with van der Waals surface area (Å²) in [6.07, 6.45) is 0. The Hall–Kier alpha value is -1.67. The van der Waals surface area contributed by atoms with Crippen molar-refractivity contribution < 1.29 is 23.2 Å². The quantitative estimate of drug-likeness (QED) is 0.239. The predicted octanol–water partition coefficient (Wildman–Crippen LogP) is 5.89. The van der Waals surface area contributed by atoms with Gasteiger partial charge in [-0.05, 0) is 17.7 Å². The second-order valence-electron chi connectivity index (χ2n) is 6.04. The first-order valence-corrected chi connectivity index (χ1v) is 10.9. The van der Waals surface area contributed by atoms with Gasteiger partial charge in [0.25, 0.3) is 10.1 Å². The Morgan fingerprint density at radius 1 is 0.724 bits per heavy atom. The first-order valence-electron chi connectivity index (χ1n) is 7.91. The van der Waals surface area contributed by atoms with E-state index < -0.39 is 31.9 Å². The predicted molar refractivity (Wildman–Crippen MR) is 114 cm³/mol. The van der Waals surface area contributed by atoms with Crippen molar-refractivity contribution in [1.29, 1.82) is 0 Å². The molecule has 0 aliphatic rings. The molecule has 0 spiro atoms. The molecule has 5 nitrogen and oxygen atoms in total. The van der Waals surface area contributed by atoms with Crippen LogP contribution < -0.4 is 0 Å². The largest absolute Gasteiger partial charge is 0.504 e. The fraction of sp³-hybridized carbons (Fsp3) is 0.0526. The molecule has 0 aliphatic carbocycles. The van der Waals surface area contributed by atoms with Gasteiger partial charge in [-0.15, -0.1) is 0 Å². The molecule has 29 heavy (non-hydrogen) atoms. The van der Waals surface area contributed by atoms with E-state index in [1.165, 1.54) is 42.5 Å². The molecule has 0 aromatic heterocycles. The molecule has 0 aliphatic heterocycles. The van der Waals surface area contributed by atoms with Crippen molar-refractivity contribution in [3.8, 4) is 11.5 Å². The zero-order chi connectivity index (χ0) is 21.6. The summed E-state index contributed by atoms with van der Waals surface area (Å²) >= 11 is 24.4. The summed E-state index contributed by atoms with van der Waals surface area (Å²) < 4.78 is 33.9. The van der Waals surface area contributed by atoms with Gasteiger partial charge in [0.2, 0.25) is 0 Å². The van der Waals surface area contributed by atoms with Gasteiger partial charge in [0, 0.05) is 11.1 Å². The minimum absolute atomic E-state index is 0.0110. The molecule has 1 atom stereocenters. The zero-order valence-electron chi connectivity index (χ0n) is 14.3. The lowest BCUT2D eigenvalue weighted by Gasteiger charge is -2.34. The van der Waals surface area contributed by atoms with Crippen LogP contribution in [0.5, 0.6) is 11.5 Å². The fourth-order valence-electron chi connectivity index (χ4n) is 3.20. The summed E-state index contributed by atoms with van der Waals surface area (Å²) in [6, 6.07) is 12.7. The summed E-state index contributed by atoms with van der Waals surface area (Å²) in [5.74, 6) is -1.74. The molecule has 0 saturated heterocycles. The van der Waals surface area contributed by atoms with Crippen LogP contribution in [0, 0.1) is 0 Å². The van der Waals surface area contributed by atoms with Gasteiger partial charge in [-0.1, -0.05) is 88.9 Å². The third kappa shape index (κ3) is 3.44. The lowest BCUT2D eigenvalue weighted by molar-refractivity contribution is 0.394. The summed E-state index contributed by atoms with van der Waals surface area (Å²) in [5, 5.41) is 20.0. The highest BCUT2D eigenvalue weighted by molar-refractivity contribution is 7.87. The van der Waals surface area contributed by atoms with Gasteiger partial charge >= 0.3 is 0 Å². The molecule has 0 amide bonds. The zero-order valence-corrected chi connectivity index (χ0v) is 18.1. The van der Waals surface area contributed by atoms with E-state index in [4.69, 9.17) is 46.4 Å². The van der Waals surface area contributed by atoms with Gasteiger partial charge < -0.3 is 10.2 Å². The number of aromatic hydroxyl groups is 2. The standard InChI is InChI=1S/C19H12Cl4O5S/c20-13-8-4-7-11(15(13)22)19(29(26,27)28,10-5-2-1-3-6-10)12-9-14(21)16(23)18(25)17(12)24/h1-9,24-25H,(H,26,27,28). The van der Waals surface area contributed by atoms with Crippen molar-refractivity contribution in [3.05, 3.63) is 91.4 Å². The maximum atomic E-state index is 13.0. The number of phenolic OH excluding ortho intramolecular Hbond substituents is 2. The maximum absolute atomic E-state index is 13.0. The molecule has 0 fully saturated rings. The third-order valence-electron chi connectivity index (χ3n) is 4.45. The number of halogens is 4. The number of hydrogen-bond donors (Lipinski definition) is 3. The average Bonchev–Trinajstić information content (AvgIpc) is 2.67. The second kappa shape index (κ2) is 7.87. The summed E-state index contributed by atoms with van der Waals surface area (Å²) in [5.41, 5.74) is -0.601. The molecular formula is C19H12Cl4O5S. The van der Waals surface area contributed by atoms with Gasteiger partial charge in [0.05, 0.1) is 15.1 Å². The number of hydrogen-bond acceptors (Lipinski definition) is 4. The summed E-state index contributed by atoms with van der Waals surface area (Å²) in [7, 11) is -5.11. The van der Waals surface area contributed by atoms with Gasteiger partial charge in [0.1, 0.15) is 5.02 Å². The Morgan fingerprint density at radius 2 is 1.34 bits per heavy atom. The van der Waals surface area contributed by atoms with E-state index in [1.807, 2.05) is 0 Å². The second-order valence-corrected chi connectivity index (χ2v) is 9.17. The van der Waals surface area contributed by atoms with E-state index >= 15 is 0 Å². The van der Waals surface area contributed by atoms with Crippen LogP contribution >= 0.6 is 46.4 Å². The molecule has 0 bridgehead atoms. The Morgan fingerprint density at radius 3 is 1.93 bits per heavy atom. The lowest BCUT2D eigenvalue weighted by Crippen LogP contribution is -2.38. The van der Waals surface area contributed by atoms with E-state index in [0.29, 0.717) is 0 Å². The summed E-state index contributed by atoms with van der Waals surface area (Å²) in [6.45, 7) is 0. The SMILES string of the molecule is O=S(=O)(O)C(c1ccccc1)(c1cc(Cl)c(Cl)c(O)c1O)c1cccc(Cl)c1Cl. The highest BCUT2D eigenvalue weighted by Gasteiger charge is 2.52. The third-order valence-corrected chi connectivity index (χ3v) is 7.49. The van der Waals surface area contributed by atoms with Gasteiger partial charge in [0.15, 0.2) is 16.2 Å². The average molecular weight is 494 g/mol. The smallest absolute Gasteiger partial charge is 0.283 e. The molecular weight excluding hydrogens is 482 g/mol. The molecule has 3 aromatic rings. The van der Waals surface area contributed by atoms with Crippen molar-refractivity contribution in [2.45, 2.75) is 4.75 Å². The topological polar surface area (TPSA) is 94.8 Å². The summed E-state index contributed by atoms with van der Waals surface area (Å²) in [4.78, 5) is 0. The number of benzene rings is 3. The lowest BCUT2D eigenvalue weighted by atomic mass is 9.83. The van der Waals surface area contributed by atoms with Crippen LogP contribution in [0.2, 0.25) is 20.1 Å². The van der Waals surface area contributed by atoms with E-state index in [1.54, 1.807) is 6.07 Å². The normalized spacial score (nSPS) is 13.8. The molecule has 0 saturated carbocycles. The minimum Gasteiger partial charge on any atom is -0.504 e. The minimum atomic E-state index is -5.11. The van der Waals surface area contributed by atoms with E-state index in [-0.39, 0.29) is 31.2 Å². The molecule has 10 heteroatoms. The molecule has 3 rings (SSSR count). The fourth-order valence-corrected chi connectivity index (χ4v) is 5.36. The van der Waals surface area contributed by atoms with Crippen molar-refractivity contribution in [2.24, 2.45) is 0 Å². The molecule has 1 unspecified atom stereocenters. The van der Waals surface area contributed by atoms with E-state index in [0.717, 1.165) is 6.07 Å². The Labute approximate surface area is 186 Å². The molecule has 3 N–H and O–H groups in total. The van der Waals surface area contributed by atoms with Crippen LogP contribution in [0.3, 0.4) is 0 Å². The van der Waals surface area contributed by atoms with Crippen molar-refractivity contribution in [1.82, 2.24) is 0 Å². The van der Waals surface area contributed by atoms with Gasteiger partial charge in [-0.3, -0.25) is 4.55 Å². The van der Waals surface area contributed by atoms with Crippen LogP contribution in [-0.2, 0) is 14.9 Å². The van der Waals surface area contributed by atoms with E-state index in [2.05, 4.69) is 0 Å². The highest BCUT2D eigenvalue weighted by Crippen LogP contribution is 2.54. The van der Waals surface area contributed by atoms with E-state index in [9.17, 15) is 23.2 Å².